The highest BCUT2D eigenvalue weighted by atomic mass is 32.2. The summed E-state index contributed by atoms with van der Waals surface area (Å²) in [5.41, 5.74) is -0.299. The summed E-state index contributed by atoms with van der Waals surface area (Å²) in [6.07, 6.45) is 1.44. The number of ether oxygens (including phenoxy) is 3. The lowest BCUT2D eigenvalue weighted by molar-refractivity contribution is -0.115. The van der Waals surface area contributed by atoms with Gasteiger partial charge < -0.3 is 23.9 Å². The van der Waals surface area contributed by atoms with Gasteiger partial charge in [-0.1, -0.05) is 30.0 Å². The summed E-state index contributed by atoms with van der Waals surface area (Å²) in [7, 11) is 0. The molecule has 0 saturated carbocycles. The number of hydrogen-bond donors (Lipinski definition) is 1. The molecule has 0 bridgehead atoms. The average molecular weight is 506 g/mol. The van der Waals surface area contributed by atoms with Crippen molar-refractivity contribution in [2.24, 2.45) is 0 Å². The molecule has 3 aromatic rings. The number of carbonyl (C=O) groups is 2. The smallest absolute Gasteiger partial charge is 0.343 e. The van der Waals surface area contributed by atoms with Gasteiger partial charge in [0.1, 0.15) is 12.0 Å². The molecule has 1 amide bonds. The van der Waals surface area contributed by atoms with E-state index >= 15 is 0 Å². The predicted molar refractivity (Wildman–Crippen MR) is 127 cm³/mol. The molecule has 3 rings (SSSR count). The summed E-state index contributed by atoms with van der Waals surface area (Å²) in [4.78, 5) is 36.4. The quantitative estimate of drug-likeness (QED) is 0.230. The summed E-state index contributed by atoms with van der Waals surface area (Å²) in [6, 6.07) is 5.89. The molecule has 1 aromatic carbocycles. The number of carbonyl (C=O) groups excluding carboxylic acids is 2. The van der Waals surface area contributed by atoms with E-state index in [1.54, 1.807) is 13.0 Å². The van der Waals surface area contributed by atoms with Crippen molar-refractivity contribution < 1.29 is 28.2 Å². The fourth-order valence-electron chi connectivity index (χ4n) is 2.58. The standard InChI is InChI=1S/C22H23N3O7S2/c1-4-19(27)23-21-24-25-22(34-21)33-12-14-10-15(26)18(11-31-14)32-20(28)13-7-8-16(29-5-2)17(9-13)30-6-3/h7-11H,4-6,12H2,1-3H3,(H,23,24,27). The third kappa shape index (κ3) is 6.81. The lowest BCUT2D eigenvalue weighted by Gasteiger charge is -2.12. The largest absolute Gasteiger partial charge is 0.490 e. The van der Waals surface area contributed by atoms with Crippen LogP contribution >= 0.6 is 23.1 Å². The van der Waals surface area contributed by atoms with Gasteiger partial charge in [-0.3, -0.25) is 9.59 Å². The molecule has 0 unspecified atom stereocenters. The third-order valence-electron chi connectivity index (χ3n) is 4.15. The molecule has 34 heavy (non-hydrogen) atoms. The maximum atomic E-state index is 12.5. The SMILES string of the molecule is CCOc1ccc(C(=O)Oc2coc(CSc3nnc(NC(=O)CC)s3)cc2=O)cc1OCC. The van der Waals surface area contributed by atoms with Crippen LogP contribution in [0, 0.1) is 0 Å². The van der Waals surface area contributed by atoms with Crippen LogP contribution in [0.4, 0.5) is 5.13 Å². The summed E-state index contributed by atoms with van der Waals surface area (Å²) < 4.78 is 22.3. The number of thioether (sulfide) groups is 1. The first kappa shape index (κ1) is 25.2. The number of nitrogens with zero attached hydrogens (tertiary/aromatic N) is 2. The van der Waals surface area contributed by atoms with Crippen molar-refractivity contribution in [1.29, 1.82) is 0 Å². The molecule has 0 aliphatic carbocycles. The third-order valence-corrected chi connectivity index (χ3v) is 6.14. The van der Waals surface area contributed by atoms with Gasteiger partial charge in [0.05, 0.1) is 24.5 Å². The van der Waals surface area contributed by atoms with E-state index in [0.717, 1.165) is 6.26 Å². The first-order valence-corrected chi connectivity index (χ1v) is 12.2. The Morgan fingerprint density at radius 2 is 1.82 bits per heavy atom. The maximum Gasteiger partial charge on any atom is 0.343 e. The van der Waals surface area contributed by atoms with Crippen LogP contribution in [-0.4, -0.2) is 35.3 Å². The molecule has 2 heterocycles. The number of hydrogen-bond acceptors (Lipinski definition) is 11. The first-order chi connectivity index (χ1) is 16.4. The molecule has 10 nitrogen and oxygen atoms in total. The first-order valence-electron chi connectivity index (χ1n) is 10.4. The highest BCUT2D eigenvalue weighted by molar-refractivity contribution is 8.00. The van der Waals surface area contributed by atoms with E-state index in [1.807, 2.05) is 13.8 Å². The molecule has 0 radical (unpaired) electrons. The fraction of sp³-hybridized carbons (Fsp3) is 0.318. The molecule has 2 aromatic heterocycles. The minimum Gasteiger partial charge on any atom is -0.490 e. The second-order valence-electron chi connectivity index (χ2n) is 6.56. The molecule has 1 N–H and O–H groups in total. The molecule has 0 fully saturated rings. The molecular weight excluding hydrogens is 482 g/mol. The van der Waals surface area contributed by atoms with Crippen molar-refractivity contribution in [2.75, 3.05) is 18.5 Å². The number of amides is 1. The van der Waals surface area contributed by atoms with Gasteiger partial charge in [0.25, 0.3) is 0 Å². The molecule has 0 spiro atoms. The Hall–Kier alpha value is -3.38. The van der Waals surface area contributed by atoms with Crippen LogP contribution in [0.3, 0.4) is 0 Å². The van der Waals surface area contributed by atoms with E-state index < -0.39 is 11.4 Å². The summed E-state index contributed by atoms with van der Waals surface area (Å²) >= 11 is 2.51. The van der Waals surface area contributed by atoms with Gasteiger partial charge in [-0.05, 0) is 32.0 Å². The van der Waals surface area contributed by atoms with Gasteiger partial charge in [0.15, 0.2) is 15.8 Å². The highest BCUT2D eigenvalue weighted by Gasteiger charge is 2.16. The summed E-state index contributed by atoms with van der Waals surface area (Å²) in [6.45, 7) is 6.25. The Kier molecular flexibility index (Phi) is 9.05. The van der Waals surface area contributed by atoms with E-state index in [0.29, 0.717) is 52.1 Å². The van der Waals surface area contributed by atoms with E-state index in [2.05, 4.69) is 15.5 Å². The Balaban J connectivity index is 1.63. The lowest BCUT2D eigenvalue weighted by atomic mass is 10.2. The number of rotatable bonds is 11. The summed E-state index contributed by atoms with van der Waals surface area (Å²) in [5, 5.41) is 10.9. The number of aromatic nitrogens is 2. The van der Waals surface area contributed by atoms with Gasteiger partial charge in [-0.15, -0.1) is 10.2 Å². The normalized spacial score (nSPS) is 10.6. The van der Waals surface area contributed by atoms with Crippen molar-refractivity contribution in [2.45, 2.75) is 37.3 Å². The minimum atomic E-state index is -0.728. The van der Waals surface area contributed by atoms with Crippen molar-refractivity contribution in [3.63, 3.8) is 0 Å². The lowest BCUT2D eigenvalue weighted by Crippen LogP contribution is -2.15. The summed E-state index contributed by atoms with van der Waals surface area (Å²) in [5.74, 6) is 0.480. The number of esters is 1. The Bertz CT molecular complexity index is 1210. The van der Waals surface area contributed by atoms with Crippen LogP contribution in [0.15, 0.2) is 44.1 Å². The van der Waals surface area contributed by atoms with Crippen LogP contribution < -0.4 is 25.0 Å². The van der Waals surface area contributed by atoms with E-state index in [1.165, 1.54) is 41.3 Å². The van der Waals surface area contributed by atoms with Crippen molar-refractivity contribution in [3.8, 4) is 17.2 Å². The average Bonchev–Trinajstić information content (AvgIpc) is 3.27. The number of anilines is 1. The second kappa shape index (κ2) is 12.2. The Morgan fingerprint density at radius 1 is 1.06 bits per heavy atom. The van der Waals surface area contributed by atoms with Gasteiger partial charge in [0.2, 0.25) is 22.2 Å². The maximum absolute atomic E-state index is 12.5. The zero-order chi connectivity index (χ0) is 24.5. The minimum absolute atomic E-state index is 0.150. The van der Waals surface area contributed by atoms with Crippen LogP contribution in [-0.2, 0) is 10.5 Å². The van der Waals surface area contributed by atoms with Crippen molar-refractivity contribution in [3.05, 3.63) is 52.1 Å². The Morgan fingerprint density at radius 3 is 2.53 bits per heavy atom. The molecule has 0 aliphatic rings. The molecule has 0 saturated heterocycles. The fourth-order valence-corrected chi connectivity index (χ4v) is 4.24. The van der Waals surface area contributed by atoms with Gasteiger partial charge in [-0.25, -0.2) is 4.79 Å². The van der Waals surface area contributed by atoms with Gasteiger partial charge >= 0.3 is 5.97 Å². The topological polar surface area (TPSA) is 130 Å². The van der Waals surface area contributed by atoms with Crippen LogP contribution in [0.1, 0.15) is 43.3 Å². The van der Waals surface area contributed by atoms with Gasteiger partial charge in [0, 0.05) is 12.5 Å². The number of nitrogens with one attached hydrogen (secondary N) is 1. The van der Waals surface area contributed by atoms with Crippen molar-refractivity contribution >= 4 is 40.1 Å². The van der Waals surface area contributed by atoms with Crippen molar-refractivity contribution in [1.82, 2.24) is 10.2 Å². The van der Waals surface area contributed by atoms with E-state index in [4.69, 9.17) is 18.6 Å². The van der Waals surface area contributed by atoms with Crippen LogP contribution in [0.25, 0.3) is 0 Å². The monoisotopic (exact) mass is 505 g/mol. The van der Waals surface area contributed by atoms with E-state index in [-0.39, 0.29) is 17.2 Å². The molecule has 180 valence electrons. The van der Waals surface area contributed by atoms with Crippen LogP contribution in [0.2, 0.25) is 0 Å². The molecule has 0 aliphatic heterocycles. The molecular formula is C22H23N3O7S2. The number of benzene rings is 1. The zero-order valence-electron chi connectivity index (χ0n) is 18.8. The zero-order valence-corrected chi connectivity index (χ0v) is 20.4. The molecule has 0 atom stereocenters. The molecule has 12 heteroatoms. The Labute approximate surface area is 203 Å². The van der Waals surface area contributed by atoms with Crippen LogP contribution in [0.5, 0.6) is 17.2 Å². The van der Waals surface area contributed by atoms with E-state index in [9.17, 15) is 14.4 Å². The second-order valence-corrected chi connectivity index (χ2v) is 8.76. The predicted octanol–water partition coefficient (Wildman–Crippen LogP) is 4.15. The van der Waals surface area contributed by atoms with Gasteiger partial charge in [-0.2, -0.15) is 0 Å². The highest BCUT2D eigenvalue weighted by Crippen LogP contribution is 2.30.